The molecule has 0 saturated carbocycles. The smallest absolute Gasteiger partial charge is 0.206 e. The first kappa shape index (κ1) is 12.2. The summed E-state index contributed by atoms with van der Waals surface area (Å²) in [6.07, 6.45) is 3.20. The molecule has 0 amide bonds. The Kier molecular flexibility index (Phi) is 3.08. The van der Waals surface area contributed by atoms with E-state index < -0.39 is 0 Å². The molecule has 0 bridgehead atoms. The standard InChI is InChI=1S/C13H11FN6/c1-8-2-3-11(10(14)6-8)16-12-7-15-5-4-9(12)13-17-19-20-18-13/h2-7,16H,1H3,(H,17,18,19,20). The molecule has 0 radical (unpaired) electrons. The molecule has 0 spiro atoms. The number of halogens is 1. The molecule has 6 nitrogen and oxygen atoms in total. The van der Waals surface area contributed by atoms with Gasteiger partial charge in [0.1, 0.15) is 5.82 Å². The molecule has 100 valence electrons. The summed E-state index contributed by atoms with van der Waals surface area (Å²) in [7, 11) is 0. The summed E-state index contributed by atoms with van der Waals surface area (Å²) in [6.45, 7) is 1.83. The summed E-state index contributed by atoms with van der Waals surface area (Å²) >= 11 is 0. The SMILES string of the molecule is Cc1ccc(Nc2cnccc2-c2nn[nH]n2)c(F)c1. The third kappa shape index (κ3) is 2.33. The highest BCUT2D eigenvalue weighted by Gasteiger charge is 2.11. The summed E-state index contributed by atoms with van der Waals surface area (Å²) in [6, 6.07) is 6.71. The van der Waals surface area contributed by atoms with E-state index in [-0.39, 0.29) is 5.82 Å². The lowest BCUT2D eigenvalue weighted by Crippen LogP contribution is -1.98. The van der Waals surface area contributed by atoms with E-state index in [9.17, 15) is 4.39 Å². The van der Waals surface area contributed by atoms with Crippen molar-refractivity contribution in [2.45, 2.75) is 6.92 Å². The number of hydrogen-bond donors (Lipinski definition) is 2. The van der Waals surface area contributed by atoms with Crippen molar-refractivity contribution in [1.82, 2.24) is 25.6 Å². The maximum Gasteiger partial charge on any atom is 0.206 e. The average Bonchev–Trinajstić information content (AvgIpc) is 2.96. The first-order valence-corrected chi connectivity index (χ1v) is 5.95. The van der Waals surface area contributed by atoms with Crippen molar-refractivity contribution in [3.05, 3.63) is 48.0 Å². The maximum atomic E-state index is 13.9. The van der Waals surface area contributed by atoms with Gasteiger partial charge in [-0.2, -0.15) is 5.21 Å². The number of aromatic amines is 1. The zero-order chi connectivity index (χ0) is 13.9. The van der Waals surface area contributed by atoms with Crippen molar-refractivity contribution in [3.8, 4) is 11.4 Å². The van der Waals surface area contributed by atoms with Crippen molar-refractivity contribution >= 4 is 11.4 Å². The molecule has 2 N–H and O–H groups in total. The molecular formula is C13H11FN6. The monoisotopic (exact) mass is 270 g/mol. The summed E-state index contributed by atoms with van der Waals surface area (Å²) in [5.74, 6) is 0.0929. The van der Waals surface area contributed by atoms with Crippen LogP contribution < -0.4 is 5.32 Å². The van der Waals surface area contributed by atoms with Gasteiger partial charge in [-0.05, 0) is 35.9 Å². The molecule has 2 aromatic heterocycles. The number of nitrogens with zero attached hydrogens (tertiary/aromatic N) is 4. The molecule has 0 saturated heterocycles. The van der Waals surface area contributed by atoms with E-state index in [1.54, 1.807) is 24.5 Å². The van der Waals surface area contributed by atoms with Gasteiger partial charge in [0.2, 0.25) is 5.82 Å². The number of H-pyrrole nitrogens is 1. The van der Waals surface area contributed by atoms with Crippen LogP contribution >= 0.6 is 0 Å². The Balaban J connectivity index is 1.99. The third-order valence-electron chi connectivity index (χ3n) is 2.80. The Morgan fingerprint density at radius 3 is 2.85 bits per heavy atom. The van der Waals surface area contributed by atoms with Gasteiger partial charge in [0, 0.05) is 11.8 Å². The van der Waals surface area contributed by atoms with Crippen LogP contribution in [0.5, 0.6) is 0 Å². The first-order valence-electron chi connectivity index (χ1n) is 5.95. The number of anilines is 2. The molecular weight excluding hydrogens is 259 g/mol. The van der Waals surface area contributed by atoms with Crippen LogP contribution in [0.2, 0.25) is 0 Å². The number of nitrogens with one attached hydrogen (secondary N) is 2. The first-order chi connectivity index (χ1) is 9.74. The number of rotatable bonds is 3. The zero-order valence-corrected chi connectivity index (χ0v) is 10.6. The zero-order valence-electron chi connectivity index (χ0n) is 10.6. The molecule has 0 aliphatic heterocycles. The van der Waals surface area contributed by atoms with Crippen LogP contribution in [0.15, 0.2) is 36.7 Å². The van der Waals surface area contributed by atoms with Crippen LogP contribution in [0.1, 0.15) is 5.56 Å². The van der Waals surface area contributed by atoms with Crippen molar-refractivity contribution in [1.29, 1.82) is 0 Å². The van der Waals surface area contributed by atoms with Gasteiger partial charge in [-0.25, -0.2) is 4.39 Å². The molecule has 0 unspecified atom stereocenters. The molecule has 7 heteroatoms. The van der Waals surface area contributed by atoms with Crippen LogP contribution in [0, 0.1) is 12.7 Å². The van der Waals surface area contributed by atoms with Crippen molar-refractivity contribution in [3.63, 3.8) is 0 Å². The predicted octanol–water partition coefficient (Wildman–Crippen LogP) is 2.45. The van der Waals surface area contributed by atoms with Gasteiger partial charge in [0.25, 0.3) is 0 Å². The van der Waals surface area contributed by atoms with E-state index in [1.807, 2.05) is 13.0 Å². The quantitative estimate of drug-likeness (QED) is 0.764. The summed E-state index contributed by atoms with van der Waals surface area (Å²) < 4.78 is 13.9. The molecule has 2 heterocycles. The maximum absolute atomic E-state index is 13.9. The van der Waals surface area contributed by atoms with Crippen LogP contribution in [-0.2, 0) is 0 Å². The second kappa shape index (κ2) is 5.04. The molecule has 0 aliphatic carbocycles. The van der Waals surface area contributed by atoms with Crippen LogP contribution in [0.25, 0.3) is 11.4 Å². The second-order valence-corrected chi connectivity index (χ2v) is 4.26. The van der Waals surface area contributed by atoms with E-state index in [4.69, 9.17) is 0 Å². The number of hydrogen-bond acceptors (Lipinski definition) is 5. The second-order valence-electron chi connectivity index (χ2n) is 4.26. The van der Waals surface area contributed by atoms with Gasteiger partial charge in [-0.1, -0.05) is 6.07 Å². The van der Waals surface area contributed by atoms with E-state index in [0.29, 0.717) is 22.8 Å². The molecule has 0 aliphatic rings. The molecule has 3 aromatic rings. The lowest BCUT2D eigenvalue weighted by Gasteiger charge is -2.10. The normalized spacial score (nSPS) is 10.5. The highest BCUT2D eigenvalue weighted by molar-refractivity contribution is 5.76. The fourth-order valence-corrected chi connectivity index (χ4v) is 1.83. The minimum atomic E-state index is -0.326. The summed E-state index contributed by atoms with van der Waals surface area (Å²) in [4.78, 5) is 4.03. The average molecular weight is 270 g/mol. The van der Waals surface area contributed by atoms with Gasteiger partial charge in [0.05, 0.1) is 17.6 Å². The van der Waals surface area contributed by atoms with E-state index in [1.165, 1.54) is 6.07 Å². The fraction of sp³-hybridized carbons (Fsp3) is 0.0769. The van der Waals surface area contributed by atoms with E-state index >= 15 is 0 Å². The van der Waals surface area contributed by atoms with Crippen molar-refractivity contribution in [2.24, 2.45) is 0 Å². The van der Waals surface area contributed by atoms with E-state index in [2.05, 4.69) is 30.9 Å². The van der Waals surface area contributed by atoms with Crippen LogP contribution in [-0.4, -0.2) is 25.6 Å². The molecule has 0 fully saturated rings. The minimum absolute atomic E-state index is 0.326. The van der Waals surface area contributed by atoms with Crippen LogP contribution in [0.3, 0.4) is 0 Å². The largest absolute Gasteiger partial charge is 0.351 e. The molecule has 0 atom stereocenters. The number of pyridine rings is 1. The Bertz CT molecular complexity index is 725. The number of aromatic nitrogens is 5. The van der Waals surface area contributed by atoms with E-state index in [0.717, 1.165) is 5.56 Å². The van der Waals surface area contributed by atoms with Gasteiger partial charge in [0.15, 0.2) is 0 Å². The number of aryl methyl sites for hydroxylation is 1. The number of benzene rings is 1. The summed E-state index contributed by atoms with van der Waals surface area (Å²) in [5, 5.41) is 16.7. The topological polar surface area (TPSA) is 79.4 Å². The van der Waals surface area contributed by atoms with Gasteiger partial charge in [-0.3, -0.25) is 4.98 Å². The van der Waals surface area contributed by atoms with Gasteiger partial charge >= 0.3 is 0 Å². The third-order valence-corrected chi connectivity index (χ3v) is 2.80. The number of tetrazole rings is 1. The van der Waals surface area contributed by atoms with Gasteiger partial charge < -0.3 is 5.32 Å². The van der Waals surface area contributed by atoms with Crippen LogP contribution in [0.4, 0.5) is 15.8 Å². The molecule has 20 heavy (non-hydrogen) atoms. The Morgan fingerprint density at radius 2 is 2.10 bits per heavy atom. The molecule has 3 rings (SSSR count). The highest BCUT2D eigenvalue weighted by atomic mass is 19.1. The minimum Gasteiger partial charge on any atom is -0.351 e. The van der Waals surface area contributed by atoms with Gasteiger partial charge in [-0.15, -0.1) is 10.2 Å². The highest BCUT2D eigenvalue weighted by Crippen LogP contribution is 2.27. The van der Waals surface area contributed by atoms with Crippen molar-refractivity contribution in [2.75, 3.05) is 5.32 Å². The molecule has 1 aromatic carbocycles. The predicted molar refractivity (Wildman–Crippen MR) is 71.8 cm³/mol. The Labute approximate surface area is 114 Å². The summed E-state index contributed by atoms with van der Waals surface area (Å²) in [5.41, 5.74) is 2.52. The Morgan fingerprint density at radius 1 is 1.20 bits per heavy atom. The fourth-order valence-electron chi connectivity index (χ4n) is 1.83. The lowest BCUT2D eigenvalue weighted by atomic mass is 10.2. The lowest BCUT2D eigenvalue weighted by molar-refractivity contribution is 0.631. The van der Waals surface area contributed by atoms with Crippen molar-refractivity contribution < 1.29 is 4.39 Å². The Hall–Kier alpha value is -2.83.